The zero-order valence-corrected chi connectivity index (χ0v) is 11.2. The lowest BCUT2D eigenvalue weighted by atomic mass is 10.1. The van der Waals surface area contributed by atoms with Crippen molar-refractivity contribution in [2.75, 3.05) is 18.2 Å². The maximum absolute atomic E-state index is 11.8. The van der Waals surface area contributed by atoms with Gasteiger partial charge < -0.3 is 10.4 Å². The Hall–Kier alpha value is -1.73. The highest BCUT2D eigenvalue weighted by atomic mass is 32.2. The summed E-state index contributed by atoms with van der Waals surface area (Å²) >= 11 is 1.62. The normalized spacial score (nSPS) is 21.9. The summed E-state index contributed by atoms with van der Waals surface area (Å²) in [6.07, 6.45) is 0.998. The number of hydrogen-bond acceptors (Lipinski definition) is 5. The first-order chi connectivity index (χ1) is 9.11. The van der Waals surface area contributed by atoms with Crippen LogP contribution in [0, 0.1) is 5.92 Å². The van der Waals surface area contributed by atoms with Gasteiger partial charge in [0.25, 0.3) is 5.91 Å². The largest absolute Gasteiger partial charge is 0.390 e. The van der Waals surface area contributed by atoms with E-state index in [1.165, 1.54) is 0 Å². The summed E-state index contributed by atoms with van der Waals surface area (Å²) in [5.41, 5.74) is 5.84. The fourth-order valence-electron chi connectivity index (χ4n) is 1.79. The minimum atomic E-state index is -1.06. The third-order valence-corrected chi connectivity index (χ3v) is 3.60. The van der Waals surface area contributed by atoms with Crippen LogP contribution in [0.25, 0.3) is 0 Å². The number of rotatable bonds is 4. The van der Waals surface area contributed by atoms with Gasteiger partial charge in [-0.1, -0.05) is 0 Å². The molecule has 2 rings (SSSR count). The van der Waals surface area contributed by atoms with Gasteiger partial charge in [-0.3, -0.25) is 20.4 Å². The number of anilines is 1. The van der Waals surface area contributed by atoms with Crippen molar-refractivity contribution in [3.63, 3.8) is 0 Å². The van der Waals surface area contributed by atoms with E-state index >= 15 is 0 Å². The Kier molecular flexibility index (Phi) is 4.28. The number of aliphatic hydroxyl groups excluding tert-OH is 1. The first-order valence-corrected chi connectivity index (χ1v) is 7.00. The molecule has 7 heteroatoms. The molecule has 2 unspecified atom stereocenters. The summed E-state index contributed by atoms with van der Waals surface area (Å²) in [6.45, 7) is 0.110. The second kappa shape index (κ2) is 5.94. The predicted molar refractivity (Wildman–Crippen MR) is 72.5 cm³/mol. The number of β-amino-alcohol motifs (C(OH)–C–C–N with tert-alkyl or cyclic N) is 1. The molecule has 6 nitrogen and oxygen atoms in total. The molecular weight excluding hydrogens is 266 g/mol. The minimum Gasteiger partial charge on any atom is -0.390 e. The molecule has 0 spiro atoms. The molecule has 1 saturated heterocycles. The van der Waals surface area contributed by atoms with Crippen molar-refractivity contribution < 1.29 is 14.7 Å². The highest BCUT2D eigenvalue weighted by Crippen LogP contribution is 2.17. The number of benzene rings is 1. The average molecular weight is 281 g/mol. The van der Waals surface area contributed by atoms with Crippen LogP contribution in [0.4, 0.5) is 5.69 Å². The predicted octanol–water partition coefficient (Wildman–Crippen LogP) is -0.0415. The minimum absolute atomic E-state index is 0.110. The van der Waals surface area contributed by atoms with Crippen molar-refractivity contribution >= 4 is 29.3 Å². The van der Waals surface area contributed by atoms with Crippen LogP contribution in [0.2, 0.25) is 0 Å². The van der Waals surface area contributed by atoms with Crippen LogP contribution < -0.4 is 16.2 Å². The molecular formula is C12H15N3O3S. The van der Waals surface area contributed by atoms with Crippen molar-refractivity contribution in [3.05, 3.63) is 24.3 Å². The Morgan fingerprint density at radius 3 is 2.63 bits per heavy atom. The molecule has 1 fully saturated rings. The Morgan fingerprint density at radius 1 is 1.42 bits per heavy atom. The lowest BCUT2D eigenvalue weighted by Gasteiger charge is -2.13. The van der Waals surface area contributed by atoms with E-state index in [9.17, 15) is 14.7 Å². The Morgan fingerprint density at radius 2 is 2.11 bits per heavy atom. The molecule has 0 saturated carbocycles. The molecule has 0 aliphatic carbocycles. The summed E-state index contributed by atoms with van der Waals surface area (Å²) in [7, 11) is 0. The lowest BCUT2D eigenvalue weighted by molar-refractivity contribution is -0.135. The monoisotopic (exact) mass is 281 g/mol. The van der Waals surface area contributed by atoms with E-state index in [1.807, 2.05) is 30.5 Å². The van der Waals surface area contributed by atoms with Crippen molar-refractivity contribution in [1.82, 2.24) is 10.7 Å². The molecule has 19 heavy (non-hydrogen) atoms. The number of nitrogens with one attached hydrogen (secondary N) is 3. The van der Waals surface area contributed by atoms with Crippen LogP contribution in [0.1, 0.15) is 0 Å². The summed E-state index contributed by atoms with van der Waals surface area (Å²) in [4.78, 5) is 24.2. The van der Waals surface area contributed by atoms with Gasteiger partial charge in [0, 0.05) is 11.4 Å². The Bertz CT molecular complexity index is 478. The summed E-state index contributed by atoms with van der Waals surface area (Å²) in [6, 6.07) is 7.46. The van der Waals surface area contributed by atoms with E-state index in [4.69, 9.17) is 0 Å². The number of hydrazine groups is 1. The second-order valence-corrected chi connectivity index (χ2v) is 5.01. The third kappa shape index (κ3) is 3.18. The number of carbonyl (C=O) groups excluding carboxylic acids is 2. The van der Waals surface area contributed by atoms with Crippen molar-refractivity contribution in [2.24, 2.45) is 5.92 Å². The van der Waals surface area contributed by atoms with Crippen LogP contribution in [0.5, 0.6) is 0 Å². The summed E-state index contributed by atoms with van der Waals surface area (Å²) in [5.74, 6) is -2.06. The zero-order chi connectivity index (χ0) is 13.8. The molecule has 1 heterocycles. The lowest BCUT2D eigenvalue weighted by Crippen LogP contribution is -2.41. The van der Waals surface area contributed by atoms with Crippen LogP contribution in [0.3, 0.4) is 0 Å². The number of carbonyl (C=O) groups is 2. The van der Waals surface area contributed by atoms with Gasteiger partial charge in [0.15, 0.2) is 0 Å². The second-order valence-electron chi connectivity index (χ2n) is 4.13. The number of aliphatic hydroxyl groups is 1. The van der Waals surface area contributed by atoms with E-state index < -0.39 is 23.8 Å². The highest BCUT2D eigenvalue weighted by Gasteiger charge is 2.39. The molecule has 0 aromatic heterocycles. The molecule has 2 atom stereocenters. The van der Waals surface area contributed by atoms with Crippen molar-refractivity contribution in [3.8, 4) is 0 Å². The number of amides is 2. The maximum Gasteiger partial charge on any atom is 0.253 e. The summed E-state index contributed by atoms with van der Waals surface area (Å²) < 4.78 is 0. The Labute approximate surface area is 114 Å². The van der Waals surface area contributed by atoms with E-state index in [0.717, 1.165) is 4.90 Å². The molecule has 2 amide bonds. The SMILES string of the molecule is CSc1ccc(NNC(=O)C2C(=O)NCC2O)cc1. The quantitative estimate of drug-likeness (QED) is 0.353. The Balaban J connectivity index is 1.90. The summed E-state index contributed by atoms with van der Waals surface area (Å²) in [5, 5.41) is 12.0. The maximum atomic E-state index is 11.8. The van der Waals surface area contributed by atoms with E-state index in [-0.39, 0.29) is 6.54 Å². The van der Waals surface area contributed by atoms with Gasteiger partial charge in [-0.15, -0.1) is 11.8 Å². The van der Waals surface area contributed by atoms with Gasteiger partial charge in [0.2, 0.25) is 5.91 Å². The molecule has 1 aliphatic rings. The average Bonchev–Trinajstić information content (AvgIpc) is 2.76. The smallest absolute Gasteiger partial charge is 0.253 e. The van der Waals surface area contributed by atoms with Crippen LogP contribution >= 0.6 is 11.8 Å². The number of thioether (sulfide) groups is 1. The fourth-order valence-corrected chi connectivity index (χ4v) is 2.20. The van der Waals surface area contributed by atoms with Crippen LogP contribution in [0.15, 0.2) is 29.2 Å². The molecule has 1 aliphatic heterocycles. The van der Waals surface area contributed by atoms with Gasteiger partial charge in [-0.2, -0.15) is 0 Å². The number of hydrogen-bond donors (Lipinski definition) is 4. The van der Waals surface area contributed by atoms with Gasteiger partial charge in [0.1, 0.15) is 5.92 Å². The molecule has 1 aromatic rings. The van der Waals surface area contributed by atoms with Crippen LogP contribution in [-0.2, 0) is 9.59 Å². The van der Waals surface area contributed by atoms with Gasteiger partial charge >= 0.3 is 0 Å². The van der Waals surface area contributed by atoms with Gasteiger partial charge in [-0.05, 0) is 30.5 Å². The standard InChI is InChI=1S/C12H15N3O3S/c1-19-8-4-2-7(3-5-8)14-15-12(18)10-9(16)6-13-11(10)17/h2-5,9-10,14,16H,6H2,1H3,(H,13,17)(H,15,18). The van der Waals surface area contributed by atoms with Gasteiger partial charge in [-0.25, -0.2) is 0 Å². The molecule has 0 bridgehead atoms. The first kappa shape index (κ1) is 13.7. The van der Waals surface area contributed by atoms with Crippen molar-refractivity contribution in [1.29, 1.82) is 0 Å². The first-order valence-electron chi connectivity index (χ1n) is 5.77. The third-order valence-electron chi connectivity index (χ3n) is 2.86. The molecule has 1 aromatic carbocycles. The zero-order valence-electron chi connectivity index (χ0n) is 10.3. The van der Waals surface area contributed by atoms with E-state index in [0.29, 0.717) is 5.69 Å². The highest BCUT2D eigenvalue weighted by molar-refractivity contribution is 7.98. The topological polar surface area (TPSA) is 90.5 Å². The van der Waals surface area contributed by atoms with Crippen molar-refractivity contribution in [2.45, 2.75) is 11.0 Å². The molecule has 4 N–H and O–H groups in total. The fraction of sp³-hybridized carbons (Fsp3) is 0.333. The van der Waals surface area contributed by atoms with Gasteiger partial charge in [0.05, 0.1) is 11.8 Å². The molecule has 102 valence electrons. The van der Waals surface area contributed by atoms with E-state index in [1.54, 1.807) is 11.8 Å². The molecule has 0 radical (unpaired) electrons. The van der Waals surface area contributed by atoms with E-state index in [2.05, 4.69) is 16.2 Å². The van der Waals surface area contributed by atoms with Crippen LogP contribution in [-0.4, -0.2) is 35.8 Å².